The smallest absolute Gasteiger partial charge is 0.240 e. The molecular formula is C14H28N4O2. The first kappa shape index (κ1) is 15.7. The lowest BCUT2D eigenvalue weighted by Crippen LogP contribution is -2.55. The van der Waals surface area contributed by atoms with Gasteiger partial charge in [-0.05, 0) is 27.4 Å². The van der Waals surface area contributed by atoms with E-state index in [1.807, 2.05) is 25.9 Å². The molecule has 1 amide bonds. The van der Waals surface area contributed by atoms with E-state index in [1.165, 1.54) is 0 Å². The van der Waals surface area contributed by atoms with Crippen LogP contribution in [0.3, 0.4) is 0 Å². The third-order valence-corrected chi connectivity index (χ3v) is 4.31. The minimum Gasteiger partial charge on any atom is -0.391 e. The van der Waals surface area contributed by atoms with Crippen LogP contribution in [0.15, 0.2) is 0 Å². The third kappa shape index (κ3) is 3.69. The number of nitrogens with one attached hydrogen (secondary N) is 1. The highest BCUT2D eigenvalue weighted by atomic mass is 16.3. The van der Waals surface area contributed by atoms with E-state index in [-0.39, 0.29) is 24.1 Å². The number of rotatable bonds is 4. The highest BCUT2D eigenvalue weighted by molar-refractivity contribution is 5.82. The molecule has 2 aliphatic rings. The molecule has 6 nitrogen and oxygen atoms in total. The van der Waals surface area contributed by atoms with E-state index in [1.54, 1.807) is 0 Å². The number of aliphatic hydroxyl groups excluding tert-OH is 1. The molecule has 2 heterocycles. The van der Waals surface area contributed by atoms with Gasteiger partial charge in [-0.3, -0.25) is 9.69 Å². The van der Waals surface area contributed by atoms with E-state index in [0.717, 1.165) is 32.7 Å². The summed E-state index contributed by atoms with van der Waals surface area (Å²) in [6.45, 7) is 7.02. The second-order valence-corrected chi connectivity index (χ2v) is 6.26. The van der Waals surface area contributed by atoms with Gasteiger partial charge in [0, 0.05) is 45.3 Å². The molecule has 2 saturated heterocycles. The number of amides is 1. The molecule has 116 valence electrons. The second kappa shape index (κ2) is 6.85. The average molecular weight is 284 g/mol. The summed E-state index contributed by atoms with van der Waals surface area (Å²) < 4.78 is 0. The third-order valence-electron chi connectivity index (χ3n) is 4.31. The van der Waals surface area contributed by atoms with Gasteiger partial charge >= 0.3 is 0 Å². The molecule has 0 aliphatic carbocycles. The number of aliphatic hydroxyl groups is 1. The fourth-order valence-corrected chi connectivity index (χ4v) is 3.22. The number of carbonyl (C=O) groups excluding carboxylic acids is 1. The Balaban J connectivity index is 1.98. The fourth-order valence-electron chi connectivity index (χ4n) is 3.22. The number of hydrogen-bond acceptors (Lipinski definition) is 5. The normalized spacial score (nSPS) is 29.9. The first-order valence-electron chi connectivity index (χ1n) is 7.57. The SMILES string of the molecule is CC(C(=O)N1CC(O)CC1CN(C)C)N1CCNCC1. The quantitative estimate of drug-likeness (QED) is 0.679. The lowest BCUT2D eigenvalue weighted by Gasteiger charge is -2.36. The molecule has 0 aromatic heterocycles. The molecule has 3 atom stereocenters. The van der Waals surface area contributed by atoms with Gasteiger partial charge in [-0.15, -0.1) is 0 Å². The molecule has 2 fully saturated rings. The van der Waals surface area contributed by atoms with Crippen molar-refractivity contribution in [1.29, 1.82) is 0 Å². The van der Waals surface area contributed by atoms with E-state index in [0.29, 0.717) is 13.0 Å². The Labute approximate surface area is 121 Å². The van der Waals surface area contributed by atoms with Crippen molar-refractivity contribution in [2.45, 2.75) is 31.5 Å². The molecule has 0 bridgehead atoms. The minimum absolute atomic E-state index is 0.0907. The Kier molecular flexibility index (Phi) is 5.37. The zero-order valence-electron chi connectivity index (χ0n) is 12.9. The standard InChI is InChI=1S/C14H28N4O2/c1-11(17-6-4-15-5-7-17)14(20)18-10-13(19)8-12(18)9-16(2)3/h11-13,15,19H,4-10H2,1-3H3. The van der Waals surface area contributed by atoms with Crippen molar-refractivity contribution in [1.82, 2.24) is 20.0 Å². The summed E-state index contributed by atoms with van der Waals surface area (Å²) in [6, 6.07) is 0.0462. The summed E-state index contributed by atoms with van der Waals surface area (Å²) in [7, 11) is 4.01. The van der Waals surface area contributed by atoms with E-state index < -0.39 is 0 Å². The molecule has 2 rings (SSSR count). The zero-order chi connectivity index (χ0) is 14.7. The lowest BCUT2D eigenvalue weighted by molar-refractivity contribution is -0.138. The first-order valence-corrected chi connectivity index (χ1v) is 7.57. The number of piperazine rings is 1. The summed E-state index contributed by atoms with van der Waals surface area (Å²) in [5, 5.41) is 13.2. The molecule has 0 saturated carbocycles. The van der Waals surface area contributed by atoms with Crippen LogP contribution < -0.4 is 5.32 Å². The lowest BCUT2D eigenvalue weighted by atomic mass is 10.1. The van der Waals surface area contributed by atoms with Gasteiger partial charge < -0.3 is 20.2 Å². The Bertz CT molecular complexity index is 331. The summed E-state index contributed by atoms with van der Waals surface area (Å²) in [5.41, 5.74) is 0. The van der Waals surface area contributed by atoms with Crippen LogP contribution in [0, 0.1) is 0 Å². The van der Waals surface area contributed by atoms with Crippen LogP contribution in [0.2, 0.25) is 0 Å². The molecule has 2 N–H and O–H groups in total. The molecule has 6 heteroatoms. The molecule has 0 aromatic carbocycles. The van der Waals surface area contributed by atoms with Gasteiger partial charge in [0.25, 0.3) is 0 Å². The number of likely N-dealkylation sites (tertiary alicyclic amines) is 1. The predicted molar refractivity (Wildman–Crippen MR) is 78.6 cm³/mol. The number of β-amino-alcohol motifs (C(OH)–C–C–N with tert-alkyl or cyclic N) is 1. The highest BCUT2D eigenvalue weighted by Crippen LogP contribution is 2.20. The van der Waals surface area contributed by atoms with Crippen molar-refractivity contribution in [3.8, 4) is 0 Å². The van der Waals surface area contributed by atoms with Crippen LogP contribution >= 0.6 is 0 Å². The molecule has 2 aliphatic heterocycles. The first-order chi connectivity index (χ1) is 9.49. The highest BCUT2D eigenvalue weighted by Gasteiger charge is 2.37. The van der Waals surface area contributed by atoms with Gasteiger partial charge in [0.05, 0.1) is 12.1 Å². The van der Waals surface area contributed by atoms with Crippen LogP contribution in [0.1, 0.15) is 13.3 Å². The molecule has 0 spiro atoms. The van der Waals surface area contributed by atoms with E-state index in [4.69, 9.17) is 0 Å². The summed E-state index contributed by atoms with van der Waals surface area (Å²) in [4.78, 5) is 18.9. The zero-order valence-corrected chi connectivity index (χ0v) is 12.9. The van der Waals surface area contributed by atoms with Crippen molar-refractivity contribution in [2.75, 3.05) is 53.4 Å². The molecule has 3 unspecified atom stereocenters. The number of hydrogen-bond donors (Lipinski definition) is 2. The van der Waals surface area contributed by atoms with Crippen LogP contribution in [0.5, 0.6) is 0 Å². The number of nitrogens with zero attached hydrogens (tertiary/aromatic N) is 3. The van der Waals surface area contributed by atoms with Crippen molar-refractivity contribution >= 4 is 5.91 Å². The summed E-state index contributed by atoms with van der Waals surface area (Å²) in [5.74, 6) is 0.162. The van der Waals surface area contributed by atoms with Gasteiger partial charge in [-0.2, -0.15) is 0 Å². The second-order valence-electron chi connectivity index (χ2n) is 6.26. The van der Waals surface area contributed by atoms with Gasteiger partial charge in [0.15, 0.2) is 0 Å². The van der Waals surface area contributed by atoms with Gasteiger partial charge in [0.1, 0.15) is 0 Å². The van der Waals surface area contributed by atoms with Crippen molar-refractivity contribution in [3.05, 3.63) is 0 Å². The van der Waals surface area contributed by atoms with Gasteiger partial charge in [-0.1, -0.05) is 0 Å². The number of carbonyl (C=O) groups is 1. The van der Waals surface area contributed by atoms with Crippen molar-refractivity contribution in [2.24, 2.45) is 0 Å². The van der Waals surface area contributed by atoms with Crippen LogP contribution in [-0.4, -0.2) is 97.3 Å². The average Bonchev–Trinajstić information content (AvgIpc) is 2.78. The molecule has 0 radical (unpaired) electrons. The van der Waals surface area contributed by atoms with Crippen molar-refractivity contribution < 1.29 is 9.90 Å². The van der Waals surface area contributed by atoms with Gasteiger partial charge in [-0.25, -0.2) is 0 Å². The largest absolute Gasteiger partial charge is 0.391 e. The Morgan fingerprint density at radius 3 is 2.65 bits per heavy atom. The van der Waals surface area contributed by atoms with E-state index in [2.05, 4.69) is 15.1 Å². The fraction of sp³-hybridized carbons (Fsp3) is 0.929. The predicted octanol–water partition coefficient (Wildman–Crippen LogP) is -1.20. The van der Waals surface area contributed by atoms with Crippen molar-refractivity contribution in [3.63, 3.8) is 0 Å². The topological polar surface area (TPSA) is 59.1 Å². The summed E-state index contributed by atoms with van der Waals surface area (Å²) >= 11 is 0. The van der Waals surface area contributed by atoms with E-state index >= 15 is 0 Å². The van der Waals surface area contributed by atoms with Gasteiger partial charge in [0.2, 0.25) is 5.91 Å². The maximum atomic E-state index is 12.7. The van der Waals surface area contributed by atoms with E-state index in [9.17, 15) is 9.90 Å². The van der Waals surface area contributed by atoms with Crippen LogP contribution in [0.25, 0.3) is 0 Å². The number of likely N-dealkylation sites (N-methyl/N-ethyl adjacent to an activating group) is 1. The molecule has 20 heavy (non-hydrogen) atoms. The van der Waals surface area contributed by atoms with Crippen LogP contribution in [-0.2, 0) is 4.79 Å². The monoisotopic (exact) mass is 284 g/mol. The summed E-state index contributed by atoms with van der Waals surface area (Å²) in [6.07, 6.45) is 0.317. The van der Waals surface area contributed by atoms with Crippen LogP contribution in [0.4, 0.5) is 0 Å². The maximum absolute atomic E-state index is 12.7. The molecular weight excluding hydrogens is 256 g/mol. The minimum atomic E-state index is -0.376. The maximum Gasteiger partial charge on any atom is 0.240 e. The Morgan fingerprint density at radius 2 is 2.05 bits per heavy atom. The Hall–Kier alpha value is -0.690. The molecule has 0 aromatic rings. The Morgan fingerprint density at radius 1 is 1.40 bits per heavy atom.